The predicted octanol–water partition coefficient (Wildman–Crippen LogP) is 2.56. The minimum Gasteiger partial charge on any atom is -0.314 e. The Morgan fingerprint density at radius 2 is 1.83 bits per heavy atom. The van der Waals surface area contributed by atoms with E-state index in [-0.39, 0.29) is 6.42 Å². The van der Waals surface area contributed by atoms with E-state index < -0.39 is 6.43 Å². The third kappa shape index (κ3) is 4.00. The van der Waals surface area contributed by atoms with Gasteiger partial charge < -0.3 is 5.32 Å². The summed E-state index contributed by atoms with van der Waals surface area (Å²) in [7, 11) is 0. The Morgan fingerprint density at radius 3 is 2.42 bits per heavy atom. The first-order chi connectivity index (χ1) is 5.79. The van der Waals surface area contributed by atoms with Crippen LogP contribution in [-0.2, 0) is 0 Å². The van der Waals surface area contributed by atoms with Gasteiger partial charge in [-0.05, 0) is 12.8 Å². The summed E-state index contributed by atoms with van der Waals surface area (Å²) in [5.74, 6) is 0. The summed E-state index contributed by atoms with van der Waals surface area (Å²) in [5.41, 5.74) is 0. The number of rotatable bonds is 4. The van der Waals surface area contributed by atoms with Crippen LogP contribution in [0.1, 0.15) is 38.5 Å². The van der Waals surface area contributed by atoms with E-state index >= 15 is 0 Å². The van der Waals surface area contributed by atoms with E-state index in [0.29, 0.717) is 12.6 Å². The van der Waals surface area contributed by atoms with Crippen LogP contribution in [0.3, 0.4) is 0 Å². The highest BCUT2D eigenvalue weighted by Crippen LogP contribution is 2.17. The van der Waals surface area contributed by atoms with Gasteiger partial charge in [0.25, 0.3) is 0 Å². The van der Waals surface area contributed by atoms with Crippen molar-refractivity contribution in [2.45, 2.75) is 51.0 Å². The van der Waals surface area contributed by atoms with Gasteiger partial charge in [0.05, 0.1) is 0 Å². The topological polar surface area (TPSA) is 12.0 Å². The highest BCUT2D eigenvalue weighted by atomic mass is 19.3. The van der Waals surface area contributed by atoms with Gasteiger partial charge in [-0.15, -0.1) is 0 Å². The van der Waals surface area contributed by atoms with E-state index in [1.807, 2.05) is 0 Å². The van der Waals surface area contributed by atoms with Crippen LogP contribution in [0.15, 0.2) is 0 Å². The first-order valence-corrected chi connectivity index (χ1v) is 4.80. The smallest absolute Gasteiger partial charge is 0.239 e. The standard InChI is InChI=1S/C9H17F2N/c10-9(11)6-7-12-8-4-2-1-3-5-8/h8-9,12H,1-7H2. The first kappa shape index (κ1) is 9.90. The van der Waals surface area contributed by atoms with Crippen LogP contribution in [0.5, 0.6) is 0 Å². The molecule has 0 saturated heterocycles. The van der Waals surface area contributed by atoms with Gasteiger partial charge in [0.15, 0.2) is 0 Å². The fourth-order valence-electron chi connectivity index (χ4n) is 1.70. The molecule has 1 aliphatic rings. The van der Waals surface area contributed by atoms with Crippen molar-refractivity contribution < 1.29 is 8.78 Å². The lowest BCUT2D eigenvalue weighted by molar-refractivity contribution is 0.135. The lowest BCUT2D eigenvalue weighted by Crippen LogP contribution is -2.32. The van der Waals surface area contributed by atoms with Gasteiger partial charge in [-0.3, -0.25) is 0 Å². The summed E-state index contributed by atoms with van der Waals surface area (Å²) in [6.45, 7) is 0.475. The molecule has 0 aromatic carbocycles. The van der Waals surface area contributed by atoms with Crippen LogP contribution >= 0.6 is 0 Å². The van der Waals surface area contributed by atoms with Gasteiger partial charge in [-0.25, -0.2) is 8.78 Å². The molecule has 0 bridgehead atoms. The summed E-state index contributed by atoms with van der Waals surface area (Å²) in [5, 5.41) is 3.17. The quantitative estimate of drug-likeness (QED) is 0.696. The molecule has 0 aromatic rings. The van der Waals surface area contributed by atoms with Gasteiger partial charge in [0, 0.05) is 19.0 Å². The number of hydrogen-bond donors (Lipinski definition) is 1. The molecular formula is C9H17F2N. The number of nitrogens with one attached hydrogen (secondary N) is 1. The average molecular weight is 177 g/mol. The van der Waals surface area contributed by atoms with E-state index in [1.54, 1.807) is 0 Å². The maximum atomic E-state index is 11.7. The zero-order valence-electron chi connectivity index (χ0n) is 7.36. The van der Waals surface area contributed by atoms with E-state index in [2.05, 4.69) is 5.32 Å². The van der Waals surface area contributed by atoms with Crippen molar-refractivity contribution in [1.82, 2.24) is 5.32 Å². The van der Waals surface area contributed by atoms with E-state index in [1.165, 1.54) is 32.1 Å². The summed E-state index contributed by atoms with van der Waals surface area (Å²) >= 11 is 0. The maximum absolute atomic E-state index is 11.7. The predicted molar refractivity (Wildman–Crippen MR) is 45.5 cm³/mol. The van der Waals surface area contributed by atoms with Crippen LogP contribution in [0.4, 0.5) is 8.78 Å². The van der Waals surface area contributed by atoms with Crippen molar-refractivity contribution >= 4 is 0 Å². The fraction of sp³-hybridized carbons (Fsp3) is 1.00. The van der Waals surface area contributed by atoms with Crippen molar-refractivity contribution in [3.8, 4) is 0 Å². The molecule has 1 nitrogen and oxygen atoms in total. The molecular weight excluding hydrogens is 160 g/mol. The van der Waals surface area contributed by atoms with Gasteiger partial charge >= 0.3 is 0 Å². The molecule has 1 aliphatic carbocycles. The largest absolute Gasteiger partial charge is 0.314 e. The SMILES string of the molecule is FC(F)CCNC1CCCCC1. The molecule has 1 saturated carbocycles. The molecule has 1 fully saturated rings. The lowest BCUT2D eigenvalue weighted by atomic mass is 9.95. The number of alkyl halides is 2. The summed E-state index contributed by atoms with van der Waals surface area (Å²) in [6, 6.07) is 0.512. The normalized spacial score (nSPS) is 20.2. The second-order valence-corrected chi connectivity index (χ2v) is 3.47. The first-order valence-electron chi connectivity index (χ1n) is 4.80. The number of hydrogen-bond acceptors (Lipinski definition) is 1. The third-order valence-electron chi connectivity index (χ3n) is 2.40. The van der Waals surface area contributed by atoms with Crippen molar-refractivity contribution in [3.63, 3.8) is 0 Å². The molecule has 3 heteroatoms. The minimum absolute atomic E-state index is 0.00347. The molecule has 0 aromatic heterocycles. The summed E-state index contributed by atoms with van der Waals surface area (Å²) in [6.07, 6.45) is 4.01. The molecule has 0 aliphatic heterocycles. The Balaban J connectivity index is 1.98. The van der Waals surface area contributed by atoms with Crippen LogP contribution in [0, 0.1) is 0 Å². The minimum atomic E-state index is -2.15. The molecule has 0 amide bonds. The van der Waals surface area contributed by atoms with Gasteiger partial charge in [-0.2, -0.15) is 0 Å². The highest BCUT2D eigenvalue weighted by Gasteiger charge is 2.12. The molecule has 0 heterocycles. The van der Waals surface area contributed by atoms with Crippen LogP contribution in [0.2, 0.25) is 0 Å². The van der Waals surface area contributed by atoms with Crippen LogP contribution < -0.4 is 5.32 Å². The Hall–Kier alpha value is -0.180. The van der Waals surface area contributed by atoms with Crippen LogP contribution in [-0.4, -0.2) is 19.0 Å². The molecule has 12 heavy (non-hydrogen) atoms. The van der Waals surface area contributed by atoms with E-state index in [9.17, 15) is 8.78 Å². The van der Waals surface area contributed by atoms with Crippen LogP contribution in [0.25, 0.3) is 0 Å². The molecule has 1 N–H and O–H groups in total. The molecule has 0 radical (unpaired) electrons. The Morgan fingerprint density at radius 1 is 1.17 bits per heavy atom. The number of halogens is 2. The second kappa shape index (κ2) is 5.46. The van der Waals surface area contributed by atoms with Gasteiger partial charge in [0.2, 0.25) is 6.43 Å². The molecule has 1 rings (SSSR count). The summed E-state index contributed by atoms with van der Waals surface area (Å²) < 4.78 is 23.5. The second-order valence-electron chi connectivity index (χ2n) is 3.47. The fourth-order valence-corrected chi connectivity index (χ4v) is 1.70. The van der Waals surface area contributed by atoms with Gasteiger partial charge in [-0.1, -0.05) is 19.3 Å². The molecule has 0 spiro atoms. The average Bonchev–Trinajstić information content (AvgIpc) is 2.05. The van der Waals surface area contributed by atoms with Crippen molar-refractivity contribution in [2.75, 3.05) is 6.54 Å². The molecule has 72 valence electrons. The zero-order chi connectivity index (χ0) is 8.81. The molecule has 0 atom stereocenters. The molecule has 0 unspecified atom stereocenters. The Labute approximate surface area is 72.5 Å². The van der Waals surface area contributed by atoms with E-state index in [0.717, 1.165) is 0 Å². The maximum Gasteiger partial charge on any atom is 0.239 e. The van der Waals surface area contributed by atoms with Crippen molar-refractivity contribution in [3.05, 3.63) is 0 Å². The van der Waals surface area contributed by atoms with Crippen molar-refractivity contribution in [1.29, 1.82) is 0 Å². The third-order valence-corrected chi connectivity index (χ3v) is 2.40. The van der Waals surface area contributed by atoms with Gasteiger partial charge in [0.1, 0.15) is 0 Å². The zero-order valence-corrected chi connectivity index (χ0v) is 7.36. The lowest BCUT2D eigenvalue weighted by Gasteiger charge is -2.22. The summed E-state index contributed by atoms with van der Waals surface area (Å²) in [4.78, 5) is 0. The Kier molecular flexibility index (Phi) is 4.51. The Bertz CT molecular complexity index is 111. The monoisotopic (exact) mass is 177 g/mol. The van der Waals surface area contributed by atoms with Crippen molar-refractivity contribution in [2.24, 2.45) is 0 Å². The van der Waals surface area contributed by atoms with E-state index in [4.69, 9.17) is 0 Å². The highest BCUT2D eigenvalue weighted by molar-refractivity contribution is 4.71.